The molecule has 0 amide bonds. The Morgan fingerprint density at radius 3 is 2.54 bits per heavy atom. The molecular formula is C27H29ClN6O4S. The highest BCUT2D eigenvalue weighted by atomic mass is 35.5. The molecule has 10 nitrogen and oxygen atoms in total. The second-order valence-corrected chi connectivity index (χ2v) is 12.7. The summed E-state index contributed by atoms with van der Waals surface area (Å²) in [5, 5.41) is 14.1. The van der Waals surface area contributed by atoms with Gasteiger partial charge < -0.3 is 15.4 Å². The number of halogens is 1. The Labute approximate surface area is 232 Å². The Balaban J connectivity index is 1.37. The highest BCUT2D eigenvalue weighted by Crippen LogP contribution is 2.45. The van der Waals surface area contributed by atoms with Crippen LogP contribution in [0.3, 0.4) is 0 Å². The van der Waals surface area contributed by atoms with E-state index in [1.165, 1.54) is 8.99 Å². The summed E-state index contributed by atoms with van der Waals surface area (Å²) >= 11 is 6.14. The van der Waals surface area contributed by atoms with Crippen molar-refractivity contribution in [3.05, 3.63) is 75.2 Å². The van der Waals surface area contributed by atoms with E-state index in [-0.39, 0.29) is 41.3 Å². The van der Waals surface area contributed by atoms with Crippen molar-refractivity contribution in [2.24, 2.45) is 5.41 Å². The Bertz CT molecular complexity index is 1610. The first-order valence-electron chi connectivity index (χ1n) is 12.6. The predicted octanol–water partition coefficient (Wildman–Crippen LogP) is 3.17. The van der Waals surface area contributed by atoms with Crippen LogP contribution in [0.15, 0.2) is 53.5 Å². The number of benzene rings is 2. The van der Waals surface area contributed by atoms with E-state index in [9.17, 15) is 18.5 Å². The van der Waals surface area contributed by atoms with E-state index >= 15 is 0 Å². The summed E-state index contributed by atoms with van der Waals surface area (Å²) in [6, 6.07) is 13.7. The number of rotatable bonds is 8. The average Bonchev–Trinajstić information content (AvgIpc) is 3.66. The molecule has 204 valence electrons. The minimum absolute atomic E-state index is 0.0470. The number of nitrogens with two attached hydrogens (primary N) is 1. The van der Waals surface area contributed by atoms with Crippen molar-refractivity contribution in [2.45, 2.75) is 25.5 Å². The van der Waals surface area contributed by atoms with Gasteiger partial charge in [-0.3, -0.25) is 4.79 Å². The molecule has 3 aromatic rings. The third-order valence-corrected chi connectivity index (χ3v) is 9.33. The Morgan fingerprint density at radius 2 is 1.87 bits per heavy atom. The van der Waals surface area contributed by atoms with Gasteiger partial charge >= 0.3 is 5.56 Å². The lowest BCUT2D eigenvalue weighted by atomic mass is 10.1. The molecule has 2 heterocycles. The second-order valence-electron chi connectivity index (χ2n) is 10.3. The van der Waals surface area contributed by atoms with E-state index in [0.29, 0.717) is 41.7 Å². The number of hydrogen-bond donors (Lipinski definition) is 1. The topological polar surface area (TPSA) is 135 Å². The molecule has 1 saturated carbocycles. The fraction of sp³-hybridized carbons (Fsp3) is 0.370. The highest BCUT2D eigenvalue weighted by Gasteiger charge is 2.39. The molecular weight excluding hydrogens is 540 g/mol. The molecule has 0 radical (unpaired) electrons. The molecule has 0 bridgehead atoms. The smallest absolute Gasteiger partial charge is 0.316 e. The van der Waals surface area contributed by atoms with Crippen LogP contribution < -0.4 is 20.9 Å². The van der Waals surface area contributed by atoms with Gasteiger partial charge in [-0.05, 0) is 42.7 Å². The Hall–Kier alpha value is -3.59. The maximum atomic E-state index is 13.6. The molecule has 1 aliphatic carbocycles. The largest absolute Gasteiger partial charge is 0.486 e. The average molecular weight is 569 g/mol. The van der Waals surface area contributed by atoms with E-state index in [1.54, 1.807) is 48.7 Å². The first-order valence-corrected chi connectivity index (χ1v) is 14.6. The standard InChI is InChI=1S/C27H29ClN6O4S/c1-27(8-9-27)18-38-25-23(16-31-34(26(25)35)22-7-3-6-21(28)14-22)32-10-12-33(13-11-32)39(36,37)17-20-5-2-4-19(15-29)24(20)30/h2-7,14,16H,8-13,17-18,30H2,1H3. The van der Waals surface area contributed by atoms with E-state index in [2.05, 4.69) is 12.0 Å². The predicted molar refractivity (Wildman–Crippen MR) is 150 cm³/mol. The van der Waals surface area contributed by atoms with Crippen LogP contribution in [0.2, 0.25) is 5.02 Å². The maximum Gasteiger partial charge on any atom is 0.316 e. The zero-order valence-corrected chi connectivity index (χ0v) is 23.1. The zero-order valence-electron chi connectivity index (χ0n) is 21.5. The summed E-state index contributed by atoms with van der Waals surface area (Å²) in [4.78, 5) is 15.5. The number of aromatic nitrogens is 2. The molecule has 39 heavy (non-hydrogen) atoms. The van der Waals surface area contributed by atoms with Crippen LogP contribution in [0.25, 0.3) is 5.69 Å². The van der Waals surface area contributed by atoms with Gasteiger partial charge in [0.05, 0.1) is 35.5 Å². The molecule has 2 aliphatic rings. The molecule has 1 saturated heterocycles. The van der Waals surface area contributed by atoms with Gasteiger partial charge in [-0.15, -0.1) is 0 Å². The number of nitrogens with zero attached hydrogens (tertiary/aromatic N) is 5. The van der Waals surface area contributed by atoms with E-state index in [4.69, 9.17) is 22.1 Å². The molecule has 1 aliphatic heterocycles. The van der Waals surface area contributed by atoms with Gasteiger partial charge in [0.15, 0.2) is 0 Å². The van der Waals surface area contributed by atoms with Crippen LogP contribution in [0.1, 0.15) is 30.9 Å². The van der Waals surface area contributed by atoms with Gasteiger partial charge in [0.25, 0.3) is 0 Å². The minimum atomic E-state index is -3.68. The maximum absolute atomic E-state index is 13.6. The van der Waals surface area contributed by atoms with E-state index in [1.807, 2.05) is 11.0 Å². The first kappa shape index (κ1) is 27.0. The summed E-state index contributed by atoms with van der Waals surface area (Å²) in [6.07, 6.45) is 3.66. The van der Waals surface area contributed by atoms with Crippen molar-refractivity contribution in [1.29, 1.82) is 5.26 Å². The molecule has 0 spiro atoms. The number of para-hydroxylation sites is 1. The molecule has 2 N–H and O–H groups in total. The van der Waals surface area contributed by atoms with Gasteiger partial charge in [0.1, 0.15) is 11.8 Å². The van der Waals surface area contributed by atoms with Crippen LogP contribution >= 0.6 is 11.6 Å². The van der Waals surface area contributed by atoms with Crippen molar-refractivity contribution >= 4 is 33.0 Å². The summed E-state index contributed by atoms with van der Waals surface area (Å²) < 4.78 is 35.2. The summed E-state index contributed by atoms with van der Waals surface area (Å²) in [5.74, 6) is -0.103. The number of sulfonamides is 1. The van der Waals surface area contributed by atoms with Crippen LogP contribution in [-0.4, -0.2) is 55.3 Å². The first-order chi connectivity index (χ1) is 18.6. The number of hydrogen-bond acceptors (Lipinski definition) is 8. The van der Waals surface area contributed by atoms with Crippen molar-refractivity contribution in [3.8, 4) is 17.5 Å². The SMILES string of the molecule is CC1(COc2c(N3CCN(S(=O)(=O)Cc4cccc(C#N)c4N)CC3)cnn(-c3cccc(Cl)c3)c2=O)CC1. The highest BCUT2D eigenvalue weighted by molar-refractivity contribution is 7.88. The third-order valence-electron chi connectivity index (χ3n) is 7.26. The summed E-state index contributed by atoms with van der Waals surface area (Å²) in [6.45, 7) is 3.66. The fourth-order valence-corrected chi connectivity index (χ4v) is 6.25. The van der Waals surface area contributed by atoms with Gasteiger partial charge in [-0.1, -0.05) is 36.7 Å². The molecule has 0 unspecified atom stereocenters. The number of anilines is 2. The monoisotopic (exact) mass is 568 g/mol. The molecule has 5 rings (SSSR count). The lowest BCUT2D eigenvalue weighted by molar-refractivity contribution is 0.242. The van der Waals surface area contributed by atoms with E-state index in [0.717, 1.165) is 12.8 Å². The number of nitriles is 1. The van der Waals surface area contributed by atoms with Crippen molar-refractivity contribution in [1.82, 2.24) is 14.1 Å². The van der Waals surface area contributed by atoms with Gasteiger partial charge in [-0.25, -0.2) is 8.42 Å². The minimum Gasteiger partial charge on any atom is -0.486 e. The summed E-state index contributed by atoms with van der Waals surface area (Å²) in [7, 11) is -3.68. The van der Waals surface area contributed by atoms with Crippen molar-refractivity contribution in [3.63, 3.8) is 0 Å². The molecule has 0 atom stereocenters. The quantitative estimate of drug-likeness (QED) is 0.409. The van der Waals surface area contributed by atoms with Crippen molar-refractivity contribution < 1.29 is 13.2 Å². The second kappa shape index (κ2) is 10.5. The molecule has 2 fully saturated rings. The van der Waals surface area contributed by atoms with Gasteiger partial charge in [-0.2, -0.15) is 19.3 Å². The third kappa shape index (κ3) is 5.73. The van der Waals surface area contributed by atoms with Crippen molar-refractivity contribution in [2.75, 3.05) is 43.4 Å². The molecule has 2 aromatic carbocycles. The lowest BCUT2D eigenvalue weighted by Gasteiger charge is -2.36. The van der Waals surface area contributed by atoms with Gasteiger partial charge in [0.2, 0.25) is 15.8 Å². The normalized spacial score (nSPS) is 17.0. The van der Waals surface area contributed by atoms with Crippen LogP contribution in [0, 0.1) is 16.7 Å². The number of piperazine rings is 1. The lowest BCUT2D eigenvalue weighted by Crippen LogP contribution is -2.49. The Morgan fingerprint density at radius 1 is 1.15 bits per heavy atom. The van der Waals surface area contributed by atoms with Crippen LogP contribution in [0.5, 0.6) is 5.75 Å². The zero-order chi connectivity index (χ0) is 27.8. The number of ether oxygens (including phenoxy) is 1. The fourth-order valence-electron chi connectivity index (χ4n) is 4.52. The number of nitrogen functional groups attached to an aromatic ring is 1. The summed E-state index contributed by atoms with van der Waals surface area (Å²) in [5.41, 5.74) is 7.54. The van der Waals surface area contributed by atoms with Crippen LogP contribution in [0.4, 0.5) is 11.4 Å². The molecule has 12 heteroatoms. The molecule has 1 aromatic heterocycles. The van der Waals surface area contributed by atoms with Gasteiger partial charge in [0, 0.05) is 36.6 Å². The Kier molecular flexibility index (Phi) is 7.29. The van der Waals surface area contributed by atoms with E-state index < -0.39 is 15.6 Å². The van der Waals surface area contributed by atoms with Crippen LogP contribution in [-0.2, 0) is 15.8 Å².